The Morgan fingerprint density at radius 2 is 2.09 bits per heavy atom. The lowest BCUT2D eigenvalue weighted by atomic mass is 9.63. The number of likely N-dealkylation sites (tertiary alicyclic amines) is 1. The normalized spacial score (nSPS) is 23.5. The van der Waals surface area contributed by atoms with Crippen molar-refractivity contribution in [1.82, 2.24) is 14.9 Å². The molecule has 2 aliphatic heterocycles. The fourth-order valence-corrected chi connectivity index (χ4v) is 6.57. The van der Waals surface area contributed by atoms with Gasteiger partial charge in [-0.15, -0.1) is 0 Å². The highest BCUT2D eigenvalue weighted by Gasteiger charge is 2.48. The van der Waals surface area contributed by atoms with Crippen LogP contribution in [0.5, 0.6) is 0 Å². The minimum absolute atomic E-state index is 0.00522. The van der Waals surface area contributed by atoms with Crippen molar-refractivity contribution >= 4 is 44.4 Å². The van der Waals surface area contributed by atoms with E-state index in [4.69, 9.17) is 4.99 Å². The average Bonchev–Trinajstić information content (AvgIpc) is 3.39. The van der Waals surface area contributed by atoms with Gasteiger partial charge in [-0.25, -0.2) is 0 Å². The Balaban J connectivity index is 1.28. The van der Waals surface area contributed by atoms with Gasteiger partial charge in [-0.3, -0.25) is 19.6 Å². The van der Waals surface area contributed by atoms with Crippen LogP contribution in [0.15, 0.2) is 63.0 Å². The maximum atomic E-state index is 13.3. The first-order valence-electron chi connectivity index (χ1n) is 12.0. The molecular formula is C27H27BrN4O2. The molecular weight excluding hydrogens is 492 g/mol. The number of amides is 1. The zero-order valence-electron chi connectivity index (χ0n) is 19.4. The molecule has 1 N–H and O–H groups in total. The van der Waals surface area contributed by atoms with Crippen molar-refractivity contribution in [2.75, 3.05) is 13.1 Å². The zero-order chi connectivity index (χ0) is 23.6. The second-order valence-electron chi connectivity index (χ2n) is 10.3. The number of allylic oxidation sites excluding steroid dienone is 5. The van der Waals surface area contributed by atoms with Gasteiger partial charge in [-0.1, -0.05) is 26.0 Å². The maximum Gasteiger partial charge on any atom is 0.255 e. The van der Waals surface area contributed by atoms with Crippen molar-refractivity contribution in [1.29, 1.82) is 0 Å². The summed E-state index contributed by atoms with van der Waals surface area (Å²) in [5.41, 5.74) is 6.66. The van der Waals surface area contributed by atoms with E-state index in [0.29, 0.717) is 36.9 Å². The molecule has 7 heteroatoms. The van der Waals surface area contributed by atoms with Crippen LogP contribution in [-0.4, -0.2) is 45.4 Å². The number of aliphatic imine (C=N–C) groups is 1. The van der Waals surface area contributed by atoms with Crippen molar-refractivity contribution in [2.45, 2.75) is 39.5 Å². The predicted molar refractivity (Wildman–Crippen MR) is 136 cm³/mol. The summed E-state index contributed by atoms with van der Waals surface area (Å²) in [4.78, 5) is 40.6. The Bertz CT molecular complexity index is 1350. The van der Waals surface area contributed by atoms with E-state index < -0.39 is 0 Å². The molecule has 2 aromatic heterocycles. The quantitative estimate of drug-likeness (QED) is 0.541. The van der Waals surface area contributed by atoms with Crippen LogP contribution < -0.4 is 0 Å². The maximum absolute atomic E-state index is 13.3. The first kappa shape index (κ1) is 21.7. The molecule has 1 amide bonds. The molecule has 2 aromatic rings. The van der Waals surface area contributed by atoms with Crippen LogP contribution in [0.2, 0.25) is 0 Å². The van der Waals surface area contributed by atoms with E-state index in [9.17, 15) is 9.59 Å². The number of H-pyrrole nitrogens is 1. The molecule has 0 saturated carbocycles. The number of hydrogen-bond acceptors (Lipinski definition) is 4. The predicted octanol–water partition coefficient (Wildman–Crippen LogP) is 5.39. The summed E-state index contributed by atoms with van der Waals surface area (Å²) in [5, 5.41) is 0. The number of carbonyl (C=O) groups is 2. The molecule has 4 aliphatic rings. The first-order chi connectivity index (χ1) is 16.4. The summed E-state index contributed by atoms with van der Waals surface area (Å²) in [5.74, 6) is 0.911. The van der Waals surface area contributed by atoms with Crippen molar-refractivity contribution in [3.63, 3.8) is 0 Å². The smallest absolute Gasteiger partial charge is 0.255 e. The molecule has 174 valence electrons. The fourth-order valence-electron chi connectivity index (χ4n) is 6.14. The van der Waals surface area contributed by atoms with Crippen molar-refractivity contribution in [3.8, 4) is 0 Å². The van der Waals surface area contributed by atoms with E-state index in [2.05, 4.69) is 51.9 Å². The van der Waals surface area contributed by atoms with Gasteiger partial charge in [0.05, 0.1) is 27.0 Å². The summed E-state index contributed by atoms with van der Waals surface area (Å²) in [6.45, 7) is 5.71. The highest BCUT2D eigenvalue weighted by atomic mass is 79.9. The molecule has 0 aromatic carbocycles. The largest absolute Gasteiger partial charge is 0.359 e. The van der Waals surface area contributed by atoms with E-state index in [1.165, 1.54) is 11.1 Å². The van der Waals surface area contributed by atoms with E-state index >= 15 is 0 Å². The van der Waals surface area contributed by atoms with Crippen LogP contribution in [0.1, 0.15) is 49.9 Å². The van der Waals surface area contributed by atoms with Crippen molar-refractivity contribution < 1.29 is 9.59 Å². The zero-order valence-corrected chi connectivity index (χ0v) is 21.0. The highest BCUT2D eigenvalue weighted by molar-refractivity contribution is 9.10. The van der Waals surface area contributed by atoms with E-state index in [-0.39, 0.29) is 17.1 Å². The lowest BCUT2D eigenvalue weighted by Gasteiger charge is -2.44. The molecule has 1 spiro atoms. The van der Waals surface area contributed by atoms with E-state index in [1.54, 1.807) is 12.3 Å². The third kappa shape index (κ3) is 3.28. The number of hydrogen-bond donors (Lipinski definition) is 1. The van der Waals surface area contributed by atoms with Gasteiger partial charge >= 0.3 is 0 Å². The van der Waals surface area contributed by atoms with Crippen LogP contribution >= 0.6 is 15.9 Å². The number of nitrogens with zero attached hydrogens (tertiary/aromatic N) is 3. The number of aromatic nitrogens is 2. The molecule has 6 rings (SSSR count). The summed E-state index contributed by atoms with van der Waals surface area (Å²) in [6.07, 6.45) is 12.7. The number of fused-ring (bicyclic) bond motifs is 4. The lowest BCUT2D eigenvalue weighted by molar-refractivity contribution is -0.117. The number of ketones is 1. The monoisotopic (exact) mass is 518 g/mol. The third-order valence-corrected chi connectivity index (χ3v) is 8.48. The average molecular weight is 519 g/mol. The van der Waals surface area contributed by atoms with Crippen LogP contribution in [0.25, 0.3) is 11.0 Å². The molecule has 4 heterocycles. The van der Waals surface area contributed by atoms with E-state index in [0.717, 1.165) is 46.2 Å². The minimum Gasteiger partial charge on any atom is -0.359 e. The number of rotatable bonds is 2. The van der Waals surface area contributed by atoms with Gasteiger partial charge in [0.25, 0.3) is 5.91 Å². The summed E-state index contributed by atoms with van der Waals surface area (Å²) < 4.78 is 0.886. The number of halogens is 1. The molecule has 0 bridgehead atoms. The molecule has 1 saturated heterocycles. The Morgan fingerprint density at radius 1 is 1.29 bits per heavy atom. The van der Waals surface area contributed by atoms with Gasteiger partial charge in [-0.2, -0.15) is 0 Å². The molecule has 1 fully saturated rings. The highest BCUT2D eigenvalue weighted by Crippen LogP contribution is 2.53. The Morgan fingerprint density at radius 3 is 2.85 bits per heavy atom. The molecule has 0 radical (unpaired) electrons. The van der Waals surface area contributed by atoms with Crippen LogP contribution in [-0.2, 0) is 4.79 Å². The van der Waals surface area contributed by atoms with Gasteiger partial charge in [0, 0.05) is 49.3 Å². The fraction of sp³-hybridized carbons (Fsp3) is 0.407. The Kier molecular flexibility index (Phi) is 5.03. The Hall–Kier alpha value is -2.80. The number of pyridine rings is 1. The van der Waals surface area contributed by atoms with Gasteiger partial charge in [0.1, 0.15) is 5.52 Å². The Labute approximate surface area is 207 Å². The minimum atomic E-state index is -0.224. The third-order valence-electron chi connectivity index (χ3n) is 7.87. The number of carbonyl (C=O) groups excluding carboxylic acids is 2. The first-order valence-corrected chi connectivity index (χ1v) is 12.8. The SMILES string of the molecule is CC(C)C1C=CCC2=C3C(=CC(=O)CC34CCN(C(=O)c3cnc5c(Br)c[nH]c5c3)CC4)N=C21. The topological polar surface area (TPSA) is 78.4 Å². The van der Waals surface area contributed by atoms with Gasteiger partial charge in [0.15, 0.2) is 5.78 Å². The molecule has 1 unspecified atom stereocenters. The van der Waals surface area contributed by atoms with Gasteiger partial charge < -0.3 is 9.88 Å². The second kappa shape index (κ2) is 7.87. The van der Waals surface area contributed by atoms with Crippen LogP contribution in [0.3, 0.4) is 0 Å². The number of piperidine rings is 1. The van der Waals surface area contributed by atoms with Gasteiger partial charge in [-0.05, 0) is 58.3 Å². The lowest BCUT2D eigenvalue weighted by Crippen LogP contribution is -2.46. The summed E-state index contributed by atoms with van der Waals surface area (Å²) in [6, 6.07) is 1.87. The van der Waals surface area contributed by atoms with Crippen LogP contribution in [0, 0.1) is 17.3 Å². The molecule has 34 heavy (non-hydrogen) atoms. The molecule has 2 aliphatic carbocycles. The summed E-state index contributed by atoms with van der Waals surface area (Å²) >= 11 is 3.47. The second-order valence-corrected chi connectivity index (χ2v) is 11.1. The van der Waals surface area contributed by atoms with Gasteiger partial charge in [0.2, 0.25) is 0 Å². The number of nitrogens with one attached hydrogen (secondary N) is 1. The van der Waals surface area contributed by atoms with Crippen molar-refractivity contribution in [2.24, 2.45) is 22.2 Å². The van der Waals surface area contributed by atoms with E-state index in [1.807, 2.05) is 17.2 Å². The standard InChI is InChI=1S/C27H27BrN4O2/c1-15(2)18-4-3-5-19-23-21(31-24(18)19)11-17(33)12-27(23)6-8-32(9-7-27)26(34)16-10-22-25(30-13-16)20(28)14-29-22/h3-4,10-11,13-15,18,29H,5-9,12H2,1-2H3. The molecule has 6 nitrogen and oxygen atoms in total. The summed E-state index contributed by atoms with van der Waals surface area (Å²) in [7, 11) is 0. The number of aromatic amines is 1. The van der Waals surface area contributed by atoms with Crippen LogP contribution in [0.4, 0.5) is 0 Å². The molecule has 1 atom stereocenters. The van der Waals surface area contributed by atoms with Crippen molar-refractivity contribution in [3.05, 3.63) is 63.6 Å².